The molecule has 3 rings (SSSR count). The van der Waals surface area contributed by atoms with Gasteiger partial charge >= 0.3 is 0 Å². The first-order valence-electron chi connectivity index (χ1n) is 8.15. The highest BCUT2D eigenvalue weighted by Gasteiger charge is 2.25. The number of benzene rings is 1. The highest BCUT2D eigenvalue weighted by molar-refractivity contribution is 5.94. The van der Waals surface area contributed by atoms with Crippen molar-refractivity contribution in [1.82, 2.24) is 10.2 Å². The van der Waals surface area contributed by atoms with E-state index in [1.807, 2.05) is 12.1 Å². The van der Waals surface area contributed by atoms with Crippen LogP contribution < -0.4 is 5.32 Å². The number of hydrogen-bond acceptors (Lipinski definition) is 3. The van der Waals surface area contributed by atoms with Gasteiger partial charge in [-0.1, -0.05) is 6.42 Å². The number of nitrogens with zero attached hydrogens (tertiary/aromatic N) is 1. The van der Waals surface area contributed by atoms with Gasteiger partial charge in [0, 0.05) is 18.2 Å². The van der Waals surface area contributed by atoms with Crippen LogP contribution in [0.1, 0.15) is 41.4 Å². The predicted molar refractivity (Wildman–Crippen MR) is 85.6 cm³/mol. The fourth-order valence-electron chi connectivity index (χ4n) is 3.10. The quantitative estimate of drug-likeness (QED) is 0.910. The van der Waals surface area contributed by atoms with Crippen molar-refractivity contribution >= 4 is 5.91 Å². The van der Waals surface area contributed by atoms with Crippen LogP contribution in [0.3, 0.4) is 0 Å². The van der Waals surface area contributed by atoms with Crippen LogP contribution in [-0.2, 0) is 0 Å². The molecular formula is C18H20F2N2O2. The van der Waals surface area contributed by atoms with E-state index in [0.717, 1.165) is 49.9 Å². The van der Waals surface area contributed by atoms with Gasteiger partial charge in [-0.25, -0.2) is 8.78 Å². The van der Waals surface area contributed by atoms with Gasteiger partial charge in [-0.3, -0.25) is 9.69 Å². The molecule has 1 fully saturated rings. The Morgan fingerprint density at radius 3 is 2.50 bits per heavy atom. The predicted octanol–water partition coefficient (Wildman–Crippen LogP) is 3.51. The molecule has 128 valence electrons. The Labute approximate surface area is 139 Å². The van der Waals surface area contributed by atoms with Crippen molar-refractivity contribution < 1.29 is 18.0 Å². The van der Waals surface area contributed by atoms with Gasteiger partial charge in [0.1, 0.15) is 17.4 Å². The van der Waals surface area contributed by atoms with Crippen LogP contribution >= 0.6 is 0 Å². The SMILES string of the molecule is O=C(NC[C@@H](c1ccco1)N1CCCCC1)c1cc(F)cc(F)c1. The molecule has 24 heavy (non-hydrogen) atoms. The van der Waals surface area contributed by atoms with Gasteiger partial charge in [0.05, 0.1) is 12.3 Å². The minimum absolute atomic E-state index is 0.0238. The minimum atomic E-state index is -0.765. The fraction of sp³-hybridized carbons (Fsp3) is 0.389. The van der Waals surface area contributed by atoms with Crippen molar-refractivity contribution in [1.29, 1.82) is 0 Å². The van der Waals surface area contributed by atoms with E-state index >= 15 is 0 Å². The molecule has 2 aromatic rings. The highest BCUT2D eigenvalue weighted by Crippen LogP contribution is 2.24. The van der Waals surface area contributed by atoms with Gasteiger partial charge in [0.25, 0.3) is 5.91 Å². The Morgan fingerprint density at radius 1 is 1.17 bits per heavy atom. The van der Waals surface area contributed by atoms with Gasteiger partial charge in [-0.15, -0.1) is 0 Å². The maximum Gasteiger partial charge on any atom is 0.251 e. The summed E-state index contributed by atoms with van der Waals surface area (Å²) >= 11 is 0. The van der Waals surface area contributed by atoms with Crippen LogP contribution in [0, 0.1) is 11.6 Å². The molecule has 1 aromatic heterocycles. The van der Waals surface area contributed by atoms with E-state index < -0.39 is 17.5 Å². The summed E-state index contributed by atoms with van der Waals surface area (Å²) in [5.41, 5.74) is -0.0238. The Hall–Kier alpha value is -2.21. The fourth-order valence-corrected chi connectivity index (χ4v) is 3.10. The lowest BCUT2D eigenvalue weighted by Gasteiger charge is -2.33. The number of hydrogen-bond donors (Lipinski definition) is 1. The van der Waals surface area contributed by atoms with Gasteiger partial charge in [0.15, 0.2) is 0 Å². The van der Waals surface area contributed by atoms with Crippen LogP contribution in [0.15, 0.2) is 41.0 Å². The average Bonchev–Trinajstić information content (AvgIpc) is 3.09. The van der Waals surface area contributed by atoms with E-state index in [9.17, 15) is 13.6 Å². The molecule has 1 aromatic carbocycles. The first-order chi connectivity index (χ1) is 11.6. The number of carbonyl (C=O) groups is 1. The smallest absolute Gasteiger partial charge is 0.251 e. The number of halogens is 2. The number of furan rings is 1. The summed E-state index contributed by atoms with van der Waals surface area (Å²) in [5.74, 6) is -1.25. The van der Waals surface area contributed by atoms with Crippen molar-refractivity contribution in [3.63, 3.8) is 0 Å². The van der Waals surface area contributed by atoms with Crippen LogP contribution in [0.4, 0.5) is 8.78 Å². The van der Waals surface area contributed by atoms with Gasteiger partial charge in [0.2, 0.25) is 0 Å². The third-order valence-electron chi connectivity index (χ3n) is 4.28. The molecule has 6 heteroatoms. The van der Waals surface area contributed by atoms with E-state index in [1.54, 1.807) is 6.26 Å². The summed E-state index contributed by atoms with van der Waals surface area (Å²) < 4.78 is 32.0. The summed E-state index contributed by atoms with van der Waals surface area (Å²) in [4.78, 5) is 14.5. The molecule has 0 saturated carbocycles. The largest absolute Gasteiger partial charge is 0.468 e. The van der Waals surface area contributed by atoms with E-state index in [0.29, 0.717) is 6.54 Å². The molecule has 1 N–H and O–H groups in total. The molecule has 0 unspecified atom stereocenters. The molecule has 1 aliphatic heterocycles. The zero-order chi connectivity index (χ0) is 16.9. The third-order valence-corrected chi connectivity index (χ3v) is 4.28. The van der Waals surface area contributed by atoms with Gasteiger partial charge in [-0.05, 0) is 50.2 Å². The number of carbonyl (C=O) groups excluding carboxylic acids is 1. The van der Waals surface area contributed by atoms with Crippen molar-refractivity contribution in [2.45, 2.75) is 25.3 Å². The molecule has 0 spiro atoms. The van der Waals surface area contributed by atoms with E-state index in [4.69, 9.17) is 4.42 Å². The van der Waals surface area contributed by atoms with Crippen molar-refractivity contribution in [2.75, 3.05) is 19.6 Å². The first-order valence-corrected chi connectivity index (χ1v) is 8.15. The minimum Gasteiger partial charge on any atom is -0.468 e. The normalized spacial score (nSPS) is 16.8. The van der Waals surface area contributed by atoms with E-state index in [1.165, 1.54) is 6.42 Å². The van der Waals surface area contributed by atoms with Gasteiger partial charge < -0.3 is 9.73 Å². The Balaban J connectivity index is 1.69. The molecule has 0 aliphatic carbocycles. The van der Waals surface area contributed by atoms with Crippen molar-refractivity contribution in [3.05, 3.63) is 59.6 Å². The molecule has 2 heterocycles. The monoisotopic (exact) mass is 334 g/mol. The molecule has 0 bridgehead atoms. The Morgan fingerprint density at radius 2 is 1.88 bits per heavy atom. The van der Waals surface area contributed by atoms with Crippen molar-refractivity contribution in [2.24, 2.45) is 0 Å². The zero-order valence-corrected chi connectivity index (χ0v) is 13.3. The number of likely N-dealkylation sites (tertiary alicyclic amines) is 1. The van der Waals surface area contributed by atoms with E-state index in [-0.39, 0.29) is 11.6 Å². The molecule has 0 radical (unpaired) electrons. The molecule has 4 nitrogen and oxygen atoms in total. The number of nitrogens with one attached hydrogen (secondary N) is 1. The maximum absolute atomic E-state index is 13.3. The van der Waals surface area contributed by atoms with Crippen molar-refractivity contribution in [3.8, 4) is 0 Å². The second-order valence-corrected chi connectivity index (χ2v) is 6.00. The zero-order valence-electron chi connectivity index (χ0n) is 13.3. The van der Waals surface area contributed by atoms with Crippen LogP contribution in [-0.4, -0.2) is 30.4 Å². The molecule has 1 atom stereocenters. The number of amides is 1. The van der Waals surface area contributed by atoms with Gasteiger partial charge in [-0.2, -0.15) is 0 Å². The lowest BCUT2D eigenvalue weighted by Crippen LogP contribution is -2.40. The lowest BCUT2D eigenvalue weighted by molar-refractivity contribution is 0.0913. The summed E-state index contributed by atoms with van der Waals surface area (Å²) in [5, 5.41) is 2.77. The Bertz CT molecular complexity index is 662. The van der Waals surface area contributed by atoms with Crippen LogP contribution in [0.2, 0.25) is 0 Å². The van der Waals surface area contributed by atoms with Crippen LogP contribution in [0.25, 0.3) is 0 Å². The van der Waals surface area contributed by atoms with Crippen LogP contribution in [0.5, 0.6) is 0 Å². The molecule has 1 aliphatic rings. The maximum atomic E-state index is 13.3. The third kappa shape index (κ3) is 4.00. The summed E-state index contributed by atoms with van der Waals surface area (Å²) in [6, 6.07) is 6.42. The standard InChI is InChI=1S/C18H20F2N2O2/c19-14-9-13(10-15(20)11-14)18(23)21-12-16(17-5-4-8-24-17)22-6-2-1-3-7-22/h4-5,8-11,16H,1-3,6-7,12H2,(H,21,23)/t16-/m0/s1. The molecule has 1 saturated heterocycles. The van der Waals surface area contributed by atoms with E-state index in [2.05, 4.69) is 10.2 Å². The highest BCUT2D eigenvalue weighted by atomic mass is 19.1. The second-order valence-electron chi connectivity index (χ2n) is 6.00. The first kappa shape index (κ1) is 16.6. The number of rotatable bonds is 5. The topological polar surface area (TPSA) is 45.5 Å². The number of piperidine rings is 1. The second kappa shape index (κ2) is 7.57. The Kier molecular flexibility index (Phi) is 5.25. The summed E-state index contributed by atoms with van der Waals surface area (Å²) in [6.45, 7) is 2.20. The molecular weight excluding hydrogens is 314 g/mol. The lowest BCUT2D eigenvalue weighted by atomic mass is 10.1. The summed E-state index contributed by atoms with van der Waals surface area (Å²) in [7, 11) is 0. The average molecular weight is 334 g/mol. The summed E-state index contributed by atoms with van der Waals surface area (Å²) in [6.07, 6.45) is 5.03. The molecule has 1 amide bonds.